The summed E-state index contributed by atoms with van der Waals surface area (Å²) in [5, 5.41) is 16.2. The second kappa shape index (κ2) is 8.06. The SMILES string of the molecule is C[C@@H](NC(=O)C1(NC(=O)C(F)(F)F)CC1)c1ccc(-c2c(O)ccc3ccccc23)cc1F. The number of hydrogen-bond acceptors (Lipinski definition) is 3. The summed E-state index contributed by atoms with van der Waals surface area (Å²) in [6, 6.07) is 14.0. The van der Waals surface area contributed by atoms with E-state index in [0.717, 1.165) is 10.8 Å². The van der Waals surface area contributed by atoms with Crippen LogP contribution in [0.15, 0.2) is 54.6 Å². The quantitative estimate of drug-likeness (QED) is 0.482. The van der Waals surface area contributed by atoms with Crippen LogP contribution in [0.1, 0.15) is 31.4 Å². The first kappa shape index (κ1) is 22.6. The first-order valence-corrected chi connectivity index (χ1v) is 10.2. The van der Waals surface area contributed by atoms with E-state index < -0.39 is 35.4 Å². The van der Waals surface area contributed by atoms with Crippen molar-refractivity contribution in [1.29, 1.82) is 0 Å². The molecule has 1 fully saturated rings. The van der Waals surface area contributed by atoms with Crippen molar-refractivity contribution in [3.05, 3.63) is 66.0 Å². The van der Waals surface area contributed by atoms with Crippen molar-refractivity contribution in [3.8, 4) is 16.9 Å². The van der Waals surface area contributed by atoms with Gasteiger partial charge >= 0.3 is 12.1 Å². The van der Waals surface area contributed by atoms with Gasteiger partial charge in [-0.1, -0.05) is 42.5 Å². The number of fused-ring (bicyclic) bond motifs is 1. The zero-order chi connectivity index (χ0) is 24.0. The fraction of sp³-hybridized carbons (Fsp3) is 0.250. The third-order valence-corrected chi connectivity index (χ3v) is 5.81. The van der Waals surface area contributed by atoms with Gasteiger partial charge in [0.05, 0.1) is 6.04 Å². The van der Waals surface area contributed by atoms with Gasteiger partial charge in [-0.25, -0.2) is 4.39 Å². The average molecular weight is 460 g/mol. The van der Waals surface area contributed by atoms with Crippen molar-refractivity contribution < 1.29 is 32.3 Å². The molecule has 9 heteroatoms. The minimum atomic E-state index is -5.10. The number of alkyl halides is 3. The van der Waals surface area contributed by atoms with E-state index >= 15 is 0 Å². The van der Waals surface area contributed by atoms with Crippen molar-refractivity contribution in [2.24, 2.45) is 0 Å². The maximum Gasteiger partial charge on any atom is 0.471 e. The van der Waals surface area contributed by atoms with E-state index in [4.69, 9.17) is 0 Å². The molecule has 0 radical (unpaired) electrons. The number of phenolic OH excluding ortho intramolecular Hbond substituents is 1. The van der Waals surface area contributed by atoms with E-state index in [2.05, 4.69) is 5.32 Å². The fourth-order valence-corrected chi connectivity index (χ4v) is 3.83. The lowest BCUT2D eigenvalue weighted by Crippen LogP contribution is -2.53. The van der Waals surface area contributed by atoms with E-state index in [1.807, 2.05) is 18.2 Å². The molecule has 1 aliphatic rings. The summed E-state index contributed by atoms with van der Waals surface area (Å²) in [5.41, 5.74) is -0.626. The van der Waals surface area contributed by atoms with Crippen LogP contribution < -0.4 is 10.6 Å². The fourth-order valence-electron chi connectivity index (χ4n) is 3.83. The normalized spacial score (nSPS) is 15.7. The standard InChI is InChI=1S/C24H20F4N2O3/c1-13(29-21(32)23(10-11-23)30-22(33)24(26,27)28)16-8-6-15(12-18(16)25)20-17-5-3-2-4-14(17)7-9-19(20)31/h2-9,12-13,31H,10-11H2,1H3,(H,29,32)(H,30,33)/t13-/m1/s1. The van der Waals surface area contributed by atoms with Gasteiger partial charge in [0.1, 0.15) is 17.1 Å². The molecule has 0 aliphatic heterocycles. The topological polar surface area (TPSA) is 78.4 Å². The Balaban J connectivity index is 1.55. The van der Waals surface area contributed by atoms with Gasteiger partial charge in [0.15, 0.2) is 0 Å². The van der Waals surface area contributed by atoms with Gasteiger partial charge in [0.25, 0.3) is 0 Å². The highest BCUT2D eigenvalue weighted by Crippen LogP contribution is 2.39. The third kappa shape index (κ3) is 4.35. The molecule has 0 saturated heterocycles. The highest BCUT2D eigenvalue weighted by atomic mass is 19.4. The van der Waals surface area contributed by atoms with Crippen LogP contribution in [0.3, 0.4) is 0 Å². The van der Waals surface area contributed by atoms with Crippen LogP contribution in [0, 0.1) is 5.82 Å². The zero-order valence-corrected chi connectivity index (χ0v) is 17.5. The predicted octanol–water partition coefficient (Wildman–Crippen LogP) is 4.74. The second-order valence-corrected chi connectivity index (χ2v) is 8.15. The smallest absolute Gasteiger partial charge is 0.471 e. The molecule has 4 rings (SSSR count). The molecule has 33 heavy (non-hydrogen) atoms. The maximum atomic E-state index is 15.0. The summed E-state index contributed by atoms with van der Waals surface area (Å²) in [5.74, 6) is -3.66. The Kier molecular flexibility index (Phi) is 5.51. The van der Waals surface area contributed by atoms with Gasteiger partial charge < -0.3 is 15.7 Å². The molecule has 0 unspecified atom stereocenters. The molecule has 5 nitrogen and oxygen atoms in total. The number of phenols is 1. The van der Waals surface area contributed by atoms with Gasteiger partial charge in [0, 0.05) is 11.1 Å². The molecule has 1 atom stereocenters. The van der Waals surface area contributed by atoms with Crippen molar-refractivity contribution >= 4 is 22.6 Å². The molecule has 2 amide bonds. The number of rotatable bonds is 5. The van der Waals surface area contributed by atoms with Crippen molar-refractivity contribution in [2.75, 3.05) is 0 Å². The Morgan fingerprint density at radius 2 is 1.76 bits per heavy atom. The Labute approximate surface area is 186 Å². The number of carbonyl (C=O) groups is 2. The summed E-state index contributed by atoms with van der Waals surface area (Å²) in [4.78, 5) is 23.7. The zero-order valence-electron chi connectivity index (χ0n) is 17.5. The summed E-state index contributed by atoms with van der Waals surface area (Å²) < 4.78 is 52.6. The Morgan fingerprint density at radius 3 is 2.39 bits per heavy atom. The number of aromatic hydroxyl groups is 1. The van der Waals surface area contributed by atoms with Crippen LogP contribution in [0.4, 0.5) is 17.6 Å². The van der Waals surface area contributed by atoms with Crippen LogP contribution in [-0.2, 0) is 9.59 Å². The number of carbonyl (C=O) groups excluding carboxylic acids is 2. The molecule has 0 heterocycles. The summed E-state index contributed by atoms with van der Waals surface area (Å²) >= 11 is 0. The second-order valence-electron chi connectivity index (χ2n) is 8.15. The molecule has 1 saturated carbocycles. The van der Waals surface area contributed by atoms with Crippen molar-refractivity contribution in [1.82, 2.24) is 10.6 Å². The molecule has 0 spiro atoms. The van der Waals surface area contributed by atoms with E-state index in [1.165, 1.54) is 25.1 Å². The monoisotopic (exact) mass is 460 g/mol. The van der Waals surface area contributed by atoms with Gasteiger partial charge in [0.2, 0.25) is 5.91 Å². The van der Waals surface area contributed by atoms with Crippen LogP contribution >= 0.6 is 0 Å². The molecule has 0 aromatic heterocycles. The minimum absolute atomic E-state index is 0.0155. The molecule has 0 bridgehead atoms. The predicted molar refractivity (Wildman–Crippen MR) is 114 cm³/mol. The lowest BCUT2D eigenvalue weighted by atomic mass is 9.95. The Morgan fingerprint density at radius 1 is 1.06 bits per heavy atom. The average Bonchev–Trinajstić information content (AvgIpc) is 3.53. The molecule has 3 N–H and O–H groups in total. The summed E-state index contributed by atoms with van der Waals surface area (Å²) in [6.07, 6.45) is -4.97. The molecule has 1 aliphatic carbocycles. The van der Waals surface area contributed by atoms with Gasteiger partial charge in [-0.05, 0) is 48.2 Å². The van der Waals surface area contributed by atoms with E-state index in [9.17, 15) is 32.3 Å². The lowest BCUT2D eigenvalue weighted by Gasteiger charge is -2.22. The largest absolute Gasteiger partial charge is 0.507 e. The summed E-state index contributed by atoms with van der Waals surface area (Å²) in [7, 11) is 0. The van der Waals surface area contributed by atoms with E-state index in [1.54, 1.807) is 23.5 Å². The number of amides is 2. The van der Waals surface area contributed by atoms with Crippen LogP contribution in [0.5, 0.6) is 5.75 Å². The van der Waals surface area contributed by atoms with Crippen molar-refractivity contribution in [2.45, 2.75) is 37.5 Å². The minimum Gasteiger partial charge on any atom is -0.507 e. The van der Waals surface area contributed by atoms with Crippen molar-refractivity contribution in [3.63, 3.8) is 0 Å². The van der Waals surface area contributed by atoms with Gasteiger partial charge in [-0.15, -0.1) is 0 Å². The number of benzene rings is 3. The van der Waals surface area contributed by atoms with Gasteiger partial charge in [-0.3, -0.25) is 9.59 Å². The maximum absolute atomic E-state index is 15.0. The molecular weight excluding hydrogens is 440 g/mol. The lowest BCUT2D eigenvalue weighted by molar-refractivity contribution is -0.175. The van der Waals surface area contributed by atoms with Gasteiger partial charge in [-0.2, -0.15) is 13.2 Å². The number of hydrogen-bond donors (Lipinski definition) is 3. The summed E-state index contributed by atoms with van der Waals surface area (Å²) in [6.45, 7) is 1.49. The first-order chi connectivity index (χ1) is 15.5. The number of halogens is 4. The first-order valence-electron chi connectivity index (χ1n) is 10.2. The van der Waals surface area contributed by atoms with Crippen LogP contribution in [-0.4, -0.2) is 28.6 Å². The number of nitrogens with one attached hydrogen (secondary N) is 2. The Bertz CT molecular complexity index is 1250. The molecular formula is C24H20F4N2O3. The van der Waals surface area contributed by atoms with E-state index in [-0.39, 0.29) is 24.2 Å². The molecule has 172 valence electrons. The molecule has 3 aromatic carbocycles. The van der Waals surface area contributed by atoms with E-state index in [0.29, 0.717) is 11.1 Å². The molecule has 3 aromatic rings. The third-order valence-electron chi connectivity index (χ3n) is 5.81. The highest BCUT2D eigenvalue weighted by molar-refractivity contribution is 5.99. The van der Waals surface area contributed by atoms with Crippen LogP contribution in [0.25, 0.3) is 21.9 Å². The highest BCUT2D eigenvalue weighted by Gasteiger charge is 2.55. The Hall–Kier alpha value is -3.62. The van der Waals surface area contributed by atoms with Crippen LogP contribution in [0.2, 0.25) is 0 Å².